The molecule has 1 saturated carbocycles. The van der Waals surface area contributed by atoms with Gasteiger partial charge in [-0.1, -0.05) is 6.92 Å². The summed E-state index contributed by atoms with van der Waals surface area (Å²) in [6, 6.07) is 0. The number of aliphatic hydroxyl groups is 1. The minimum atomic E-state index is -0.451. The van der Waals surface area contributed by atoms with Crippen LogP contribution in [0.25, 0.3) is 0 Å². The van der Waals surface area contributed by atoms with Crippen molar-refractivity contribution in [3.63, 3.8) is 0 Å². The van der Waals surface area contributed by atoms with Crippen LogP contribution in [0.15, 0.2) is 0 Å². The maximum absolute atomic E-state index is 11.2. The average molecular weight is 191 g/mol. The lowest BCUT2D eigenvalue weighted by molar-refractivity contribution is -0.126. The molecule has 1 N–H and O–H groups in total. The molecule has 0 aromatic carbocycles. The van der Waals surface area contributed by atoms with Gasteiger partial charge in [0, 0.05) is 5.92 Å². The van der Waals surface area contributed by atoms with Gasteiger partial charge in [-0.2, -0.15) is 0 Å². The van der Waals surface area contributed by atoms with Crippen LogP contribution in [0, 0.1) is 11.8 Å². The van der Waals surface area contributed by atoms with E-state index in [-0.39, 0.29) is 17.6 Å². The normalized spacial score (nSPS) is 36.4. The van der Waals surface area contributed by atoms with Crippen LogP contribution in [0.1, 0.15) is 26.2 Å². The Hall–Kier alpha value is -0.0800. The fraction of sp³-hybridized carbons (Fsp3) is 0.889. The number of aliphatic hydroxyl groups excluding tert-OH is 1. The lowest BCUT2D eigenvalue weighted by Crippen LogP contribution is -2.34. The third-order valence-corrected chi connectivity index (χ3v) is 2.88. The maximum Gasteiger partial charge on any atom is 0.153 e. The zero-order valence-electron chi connectivity index (χ0n) is 7.29. The zero-order chi connectivity index (χ0) is 9.14. The molecule has 2 nitrogen and oxygen atoms in total. The smallest absolute Gasteiger partial charge is 0.153 e. The van der Waals surface area contributed by atoms with Gasteiger partial charge < -0.3 is 5.11 Å². The average Bonchev–Trinajstić information content (AvgIpc) is 2.08. The second kappa shape index (κ2) is 4.24. The van der Waals surface area contributed by atoms with Gasteiger partial charge >= 0.3 is 0 Å². The van der Waals surface area contributed by atoms with E-state index < -0.39 is 6.10 Å². The van der Waals surface area contributed by atoms with Crippen LogP contribution in [0.3, 0.4) is 0 Å². The summed E-state index contributed by atoms with van der Waals surface area (Å²) in [6.07, 6.45) is 2.11. The summed E-state index contributed by atoms with van der Waals surface area (Å²) in [6.45, 7) is 2.11. The number of rotatable bonds is 2. The van der Waals surface area contributed by atoms with Gasteiger partial charge in [0.15, 0.2) is 5.78 Å². The molecule has 3 heteroatoms. The quantitative estimate of drug-likeness (QED) is 0.672. The van der Waals surface area contributed by atoms with Gasteiger partial charge in [-0.3, -0.25) is 4.79 Å². The van der Waals surface area contributed by atoms with Gasteiger partial charge in [-0.05, 0) is 25.2 Å². The Morgan fingerprint density at radius 3 is 2.83 bits per heavy atom. The highest BCUT2D eigenvalue weighted by Gasteiger charge is 2.31. The fourth-order valence-corrected chi connectivity index (χ4v) is 2.01. The van der Waals surface area contributed by atoms with Gasteiger partial charge in [0.05, 0.1) is 12.0 Å². The van der Waals surface area contributed by atoms with E-state index in [1.165, 1.54) is 0 Å². The van der Waals surface area contributed by atoms with Gasteiger partial charge in [-0.25, -0.2) is 0 Å². The van der Waals surface area contributed by atoms with Crippen molar-refractivity contribution in [3.8, 4) is 0 Å². The Morgan fingerprint density at radius 1 is 1.58 bits per heavy atom. The summed E-state index contributed by atoms with van der Waals surface area (Å²) in [5.74, 6) is 0.376. The highest BCUT2D eigenvalue weighted by Crippen LogP contribution is 2.29. The highest BCUT2D eigenvalue weighted by atomic mass is 35.5. The SMILES string of the molecule is C[C@@H]1CC[C@H](O)[C@H](C(=O)CCl)C1. The molecule has 1 aliphatic carbocycles. The van der Waals surface area contributed by atoms with Crippen molar-refractivity contribution in [1.82, 2.24) is 0 Å². The number of hydrogen-bond acceptors (Lipinski definition) is 2. The summed E-state index contributed by atoms with van der Waals surface area (Å²) < 4.78 is 0. The predicted octanol–water partition coefficient (Wildman–Crippen LogP) is 1.59. The Labute approximate surface area is 77.9 Å². The number of carbonyl (C=O) groups excluding carboxylic acids is 1. The van der Waals surface area contributed by atoms with E-state index in [0.29, 0.717) is 5.92 Å². The summed E-state index contributed by atoms with van der Waals surface area (Å²) in [5.41, 5.74) is 0. The summed E-state index contributed by atoms with van der Waals surface area (Å²) in [5, 5.41) is 9.51. The van der Waals surface area contributed by atoms with Crippen LogP contribution < -0.4 is 0 Å². The summed E-state index contributed by atoms with van der Waals surface area (Å²) in [7, 11) is 0. The van der Waals surface area contributed by atoms with E-state index in [1.807, 2.05) is 0 Å². The van der Waals surface area contributed by atoms with Crippen molar-refractivity contribution in [3.05, 3.63) is 0 Å². The highest BCUT2D eigenvalue weighted by molar-refractivity contribution is 6.27. The second-order valence-corrected chi connectivity index (χ2v) is 3.96. The van der Waals surface area contributed by atoms with Crippen LogP contribution >= 0.6 is 11.6 Å². The standard InChI is InChI=1S/C9H15ClO2/c1-6-2-3-8(11)7(4-6)9(12)5-10/h6-8,11H,2-5H2,1H3/t6-,7-,8+/m1/s1. The largest absolute Gasteiger partial charge is 0.392 e. The molecule has 1 rings (SSSR count). The third kappa shape index (κ3) is 2.20. The monoisotopic (exact) mass is 190 g/mol. The first-order chi connectivity index (χ1) is 5.65. The maximum atomic E-state index is 11.2. The molecule has 70 valence electrons. The van der Waals surface area contributed by atoms with Gasteiger partial charge in [0.1, 0.15) is 0 Å². The van der Waals surface area contributed by atoms with Crippen molar-refractivity contribution < 1.29 is 9.90 Å². The van der Waals surface area contributed by atoms with Gasteiger partial charge in [0.2, 0.25) is 0 Å². The number of Topliss-reactive ketones (excluding diaryl/α,β-unsaturated/α-hetero) is 1. The van der Waals surface area contributed by atoms with Gasteiger partial charge in [-0.15, -0.1) is 11.6 Å². The first-order valence-electron chi connectivity index (χ1n) is 4.42. The van der Waals surface area contributed by atoms with Crippen LogP contribution in [-0.2, 0) is 4.79 Å². The lowest BCUT2D eigenvalue weighted by atomic mass is 9.78. The van der Waals surface area contributed by atoms with Crippen molar-refractivity contribution in [1.29, 1.82) is 0 Å². The van der Waals surface area contributed by atoms with E-state index in [1.54, 1.807) is 0 Å². The Bertz CT molecular complexity index is 170. The number of hydrogen-bond donors (Lipinski definition) is 1. The van der Waals surface area contributed by atoms with Crippen LogP contribution in [0.4, 0.5) is 0 Å². The molecule has 3 atom stereocenters. The number of halogens is 1. The van der Waals surface area contributed by atoms with Crippen LogP contribution in [-0.4, -0.2) is 22.9 Å². The molecule has 1 fully saturated rings. The summed E-state index contributed by atoms with van der Waals surface area (Å²) >= 11 is 5.44. The molecule has 0 aromatic rings. The molecular weight excluding hydrogens is 176 g/mol. The second-order valence-electron chi connectivity index (χ2n) is 3.69. The molecule has 0 saturated heterocycles. The molecule has 0 amide bonds. The first-order valence-corrected chi connectivity index (χ1v) is 4.95. The molecule has 0 aromatic heterocycles. The fourth-order valence-electron chi connectivity index (χ4n) is 1.81. The molecule has 0 unspecified atom stereocenters. The van der Waals surface area contributed by atoms with Crippen molar-refractivity contribution >= 4 is 17.4 Å². The minimum absolute atomic E-state index is 0.00397. The van der Waals surface area contributed by atoms with E-state index in [2.05, 4.69) is 6.92 Å². The lowest BCUT2D eigenvalue weighted by Gasteiger charge is -2.29. The van der Waals surface area contributed by atoms with E-state index in [4.69, 9.17) is 11.6 Å². The van der Waals surface area contributed by atoms with Crippen molar-refractivity contribution in [2.24, 2.45) is 11.8 Å². The molecule has 12 heavy (non-hydrogen) atoms. The van der Waals surface area contributed by atoms with Gasteiger partial charge in [0.25, 0.3) is 0 Å². The summed E-state index contributed by atoms with van der Waals surface area (Å²) in [4.78, 5) is 11.2. The Kier molecular flexibility index (Phi) is 3.53. The number of alkyl halides is 1. The van der Waals surface area contributed by atoms with Crippen molar-refractivity contribution in [2.75, 3.05) is 5.88 Å². The van der Waals surface area contributed by atoms with Crippen LogP contribution in [0.5, 0.6) is 0 Å². The molecule has 1 aliphatic rings. The Morgan fingerprint density at radius 2 is 2.25 bits per heavy atom. The molecule has 0 bridgehead atoms. The topological polar surface area (TPSA) is 37.3 Å². The van der Waals surface area contributed by atoms with Crippen LogP contribution in [0.2, 0.25) is 0 Å². The molecular formula is C9H15ClO2. The first kappa shape index (κ1) is 10.0. The van der Waals surface area contributed by atoms with E-state index >= 15 is 0 Å². The van der Waals surface area contributed by atoms with Crippen molar-refractivity contribution in [2.45, 2.75) is 32.3 Å². The molecule has 0 aliphatic heterocycles. The number of carbonyl (C=O) groups is 1. The molecule has 0 heterocycles. The zero-order valence-corrected chi connectivity index (χ0v) is 8.05. The molecule has 0 spiro atoms. The third-order valence-electron chi connectivity index (χ3n) is 2.62. The predicted molar refractivity (Wildman–Crippen MR) is 48.2 cm³/mol. The van der Waals surface area contributed by atoms with E-state index in [9.17, 15) is 9.90 Å². The number of ketones is 1. The van der Waals surface area contributed by atoms with E-state index in [0.717, 1.165) is 19.3 Å². The Balaban J connectivity index is 2.54. The molecule has 0 radical (unpaired) electrons. The minimum Gasteiger partial charge on any atom is -0.392 e.